The molecule has 0 radical (unpaired) electrons. The maximum absolute atomic E-state index is 13.0. The summed E-state index contributed by atoms with van der Waals surface area (Å²) >= 11 is 0. The summed E-state index contributed by atoms with van der Waals surface area (Å²) in [6.07, 6.45) is 11.8. The lowest BCUT2D eigenvalue weighted by Gasteiger charge is -2.49. The molecule has 0 aromatic carbocycles. The number of piperidine rings is 2. The van der Waals surface area contributed by atoms with E-state index in [2.05, 4.69) is 23.6 Å². The number of nitrogens with zero attached hydrogens (tertiary/aromatic N) is 2. The average molecular weight is 417 g/mol. The molecule has 1 spiro atoms. The minimum absolute atomic E-state index is 0.0181. The predicted octanol–water partition coefficient (Wildman–Crippen LogP) is 3.46. The molecule has 0 aromatic heterocycles. The van der Waals surface area contributed by atoms with E-state index in [-0.39, 0.29) is 41.0 Å². The number of ether oxygens (including phenoxy) is 2. The van der Waals surface area contributed by atoms with E-state index in [9.17, 15) is 4.79 Å². The second kappa shape index (κ2) is 7.18. The number of hydrogen-bond acceptors (Lipinski definition) is 5. The van der Waals surface area contributed by atoms with Crippen LogP contribution >= 0.6 is 0 Å². The van der Waals surface area contributed by atoms with Crippen molar-refractivity contribution in [2.45, 2.75) is 95.5 Å². The summed E-state index contributed by atoms with van der Waals surface area (Å²) in [6.45, 7) is 10.5. The molecule has 7 atom stereocenters. The zero-order valence-electron chi connectivity index (χ0n) is 19.0. The van der Waals surface area contributed by atoms with Crippen LogP contribution in [0.5, 0.6) is 0 Å². The Kier molecular flexibility index (Phi) is 4.78. The zero-order chi connectivity index (χ0) is 20.5. The van der Waals surface area contributed by atoms with Gasteiger partial charge in [-0.15, -0.1) is 0 Å². The summed E-state index contributed by atoms with van der Waals surface area (Å²) in [5.41, 5.74) is 0.221. The Labute approximate surface area is 181 Å². The number of carbonyl (C=O) groups excluding carboxylic acids is 1. The highest BCUT2D eigenvalue weighted by atomic mass is 16.6. The fourth-order valence-corrected chi connectivity index (χ4v) is 8.47. The van der Waals surface area contributed by atoms with Gasteiger partial charge in [0.05, 0.1) is 12.0 Å². The van der Waals surface area contributed by atoms with Gasteiger partial charge in [-0.1, -0.05) is 26.7 Å². The Bertz CT molecular complexity index is 686. The first-order valence-corrected chi connectivity index (χ1v) is 12.9. The van der Waals surface area contributed by atoms with Gasteiger partial charge in [0, 0.05) is 23.9 Å². The van der Waals surface area contributed by atoms with Gasteiger partial charge in [0.2, 0.25) is 0 Å². The van der Waals surface area contributed by atoms with Crippen LogP contribution in [0.2, 0.25) is 0 Å². The molecule has 4 aliphatic heterocycles. The molecule has 2 saturated carbocycles. The van der Waals surface area contributed by atoms with Crippen molar-refractivity contribution in [2.75, 3.05) is 32.7 Å². The Hall–Kier alpha value is -0.650. The van der Waals surface area contributed by atoms with E-state index in [1.807, 2.05) is 0 Å². The molecule has 5 nitrogen and oxygen atoms in total. The highest BCUT2D eigenvalue weighted by Gasteiger charge is 2.78. The number of rotatable bonds is 3. The summed E-state index contributed by atoms with van der Waals surface area (Å²) in [7, 11) is 0. The lowest BCUT2D eigenvalue weighted by atomic mass is 9.53. The normalized spacial score (nSPS) is 49.8. The molecule has 0 unspecified atom stereocenters. The molecule has 168 valence electrons. The molecule has 4 saturated heterocycles. The molecule has 6 rings (SSSR count). The molecule has 6 aliphatic rings. The van der Waals surface area contributed by atoms with Crippen LogP contribution < -0.4 is 0 Å². The molecule has 2 aliphatic carbocycles. The van der Waals surface area contributed by atoms with E-state index in [1.54, 1.807) is 0 Å². The van der Waals surface area contributed by atoms with Crippen LogP contribution in [-0.4, -0.2) is 72.3 Å². The minimum atomic E-state index is 0.0181. The molecular formula is C25H40N2O3. The molecule has 0 amide bonds. The first-order valence-electron chi connectivity index (χ1n) is 12.9. The van der Waals surface area contributed by atoms with E-state index < -0.39 is 0 Å². The van der Waals surface area contributed by atoms with Crippen LogP contribution in [0.1, 0.15) is 71.6 Å². The third-order valence-corrected chi connectivity index (χ3v) is 10.1. The molecule has 4 heterocycles. The second-order valence-corrected chi connectivity index (χ2v) is 11.7. The SMILES string of the molecule is C[C@H]1CCC[C@]2(C)C[C@H]3OC(=O)[C@H](CN4CCC(N5CCCCC5)CC4)[C@H]3[C@H]3O[C@@]312. The minimum Gasteiger partial charge on any atom is -0.462 e. The van der Waals surface area contributed by atoms with Crippen LogP contribution in [0.4, 0.5) is 0 Å². The number of hydrogen-bond donors (Lipinski definition) is 0. The highest BCUT2D eigenvalue weighted by Crippen LogP contribution is 2.70. The van der Waals surface area contributed by atoms with Gasteiger partial charge in [-0.05, 0) is 77.0 Å². The largest absolute Gasteiger partial charge is 0.462 e. The lowest BCUT2D eigenvalue weighted by Crippen LogP contribution is -2.55. The van der Waals surface area contributed by atoms with Crippen molar-refractivity contribution in [1.29, 1.82) is 0 Å². The smallest absolute Gasteiger partial charge is 0.311 e. The van der Waals surface area contributed by atoms with Gasteiger partial charge >= 0.3 is 5.97 Å². The van der Waals surface area contributed by atoms with Crippen LogP contribution in [-0.2, 0) is 14.3 Å². The maximum atomic E-state index is 13.0. The third kappa shape index (κ3) is 2.87. The fraction of sp³-hybridized carbons (Fsp3) is 0.960. The van der Waals surface area contributed by atoms with Gasteiger partial charge in [0.25, 0.3) is 0 Å². The van der Waals surface area contributed by atoms with Crippen molar-refractivity contribution in [3.05, 3.63) is 0 Å². The van der Waals surface area contributed by atoms with Gasteiger partial charge in [-0.3, -0.25) is 4.79 Å². The molecule has 6 fully saturated rings. The Morgan fingerprint density at radius 1 is 1.03 bits per heavy atom. The topological polar surface area (TPSA) is 45.3 Å². The number of likely N-dealkylation sites (tertiary alicyclic amines) is 2. The second-order valence-electron chi connectivity index (χ2n) is 11.7. The summed E-state index contributed by atoms with van der Waals surface area (Å²) in [6, 6.07) is 0.762. The van der Waals surface area contributed by atoms with Gasteiger partial charge in [0.15, 0.2) is 0 Å². The molecule has 5 heteroatoms. The van der Waals surface area contributed by atoms with Crippen LogP contribution in [0, 0.1) is 23.2 Å². The monoisotopic (exact) mass is 416 g/mol. The third-order valence-electron chi connectivity index (χ3n) is 10.1. The van der Waals surface area contributed by atoms with Crippen LogP contribution in [0.15, 0.2) is 0 Å². The summed E-state index contributed by atoms with van der Waals surface area (Å²) < 4.78 is 12.6. The Morgan fingerprint density at radius 3 is 2.57 bits per heavy atom. The van der Waals surface area contributed by atoms with Crippen molar-refractivity contribution in [1.82, 2.24) is 9.80 Å². The number of fused-ring (bicyclic) bond motifs is 2. The first kappa shape index (κ1) is 20.0. The van der Waals surface area contributed by atoms with Gasteiger partial charge in [-0.2, -0.15) is 0 Å². The van der Waals surface area contributed by atoms with Crippen molar-refractivity contribution in [3.8, 4) is 0 Å². The van der Waals surface area contributed by atoms with E-state index in [4.69, 9.17) is 9.47 Å². The van der Waals surface area contributed by atoms with Gasteiger partial charge in [0.1, 0.15) is 11.7 Å². The molecule has 0 N–H and O–H groups in total. The predicted molar refractivity (Wildman–Crippen MR) is 115 cm³/mol. The summed E-state index contributed by atoms with van der Waals surface area (Å²) in [5, 5.41) is 0. The lowest BCUT2D eigenvalue weighted by molar-refractivity contribution is -0.146. The highest BCUT2D eigenvalue weighted by molar-refractivity contribution is 5.76. The van der Waals surface area contributed by atoms with Crippen LogP contribution in [0.25, 0.3) is 0 Å². The Balaban J connectivity index is 1.12. The first-order chi connectivity index (χ1) is 14.5. The average Bonchev–Trinajstić information content (AvgIpc) is 3.44. The summed E-state index contributed by atoms with van der Waals surface area (Å²) in [4.78, 5) is 18.3. The summed E-state index contributed by atoms with van der Waals surface area (Å²) in [5.74, 6) is 0.970. The standard InChI is InChI=1S/C25H40N2O3/c1-17-7-6-10-24(2)15-20-21(22-25(17,24)30-22)19(23(28)29-20)16-26-13-8-18(9-14-26)27-11-4-3-5-12-27/h17-22H,3-16H2,1-2H3/t17-,19+,20+,21+,22+,24+,25+/m0/s1. The number of carbonyl (C=O) groups is 1. The fourth-order valence-electron chi connectivity index (χ4n) is 8.47. The van der Waals surface area contributed by atoms with E-state index in [1.165, 1.54) is 64.5 Å². The van der Waals surface area contributed by atoms with Gasteiger partial charge in [-0.25, -0.2) is 0 Å². The number of epoxide rings is 1. The number of esters is 1. The maximum Gasteiger partial charge on any atom is 0.311 e. The van der Waals surface area contributed by atoms with E-state index in [0.29, 0.717) is 5.92 Å². The van der Waals surface area contributed by atoms with E-state index >= 15 is 0 Å². The van der Waals surface area contributed by atoms with Crippen molar-refractivity contribution in [3.63, 3.8) is 0 Å². The Morgan fingerprint density at radius 2 is 1.80 bits per heavy atom. The molecule has 0 aromatic rings. The molecule has 0 bridgehead atoms. The van der Waals surface area contributed by atoms with E-state index in [0.717, 1.165) is 32.1 Å². The van der Waals surface area contributed by atoms with Crippen molar-refractivity contribution in [2.24, 2.45) is 23.2 Å². The van der Waals surface area contributed by atoms with Crippen molar-refractivity contribution >= 4 is 5.97 Å². The zero-order valence-corrected chi connectivity index (χ0v) is 19.0. The quantitative estimate of drug-likeness (QED) is 0.521. The molecule has 30 heavy (non-hydrogen) atoms. The van der Waals surface area contributed by atoms with Crippen molar-refractivity contribution < 1.29 is 14.3 Å². The van der Waals surface area contributed by atoms with Crippen LogP contribution in [0.3, 0.4) is 0 Å². The molecular weight excluding hydrogens is 376 g/mol. The van der Waals surface area contributed by atoms with Gasteiger partial charge < -0.3 is 19.3 Å².